The van der Waals surface area contributed by atoms with Gasteiger partial charge in [-0.25, -0.2) is 0 Å². The molecule has 0 aliphatic carbocycles. The predicted octanol–water partition coefficient (Wildman–Crippen LogP) is 2.16. The van der Waals surface area contributed by atoms with Gasteiger partial charge in [0.2, 0.25) is 5.91 Å². The summed E-state index contributed by atoms with van der Waals surface area (Å²) in [7, 11) is 0. The Morgan fingerprint density at radius 3 is 2.96 bits per heavy atom. The van der Waals surface area contributed by atoms with Gasteiger partial charge in [0, 0.05) is 19.6 Å². The van der Waals surface area contributed by atoms with E-state index in [1.165, 1.54) is 11.1 Å². The van der Waals surface area contributed by atoms with Crippen LogP contribution in [-0.4, -0.2) is 12.5 Å². The molecule has 2 aliphatic rings. The number of carbonyl (C=O) groups is 1. The van der Waals surface area contributed by atoms with Gasteiger partial charge in [-0.1, -0.05) is 36.4 Å². The monoisotopic (exact) mass is 308 g/mol. The van der Waals surface area contributed by atoms with Crippen LogP contribution in [0, 0.1) is 5.92 Å². The Morgan fingerprint density at radius 2 is 2.00 bits per heavy atom. The van der Waals surface area contributed by atoms with Gasteiger partial charge in [0.15, 0.2) is 0 Å². The normalized spacial score (nSPS) is 18.7. The number of hydrogen-bond acceptors (Lipinski definition) is 3. The summed E-state index contributed by atoms with van der Waals surface area (Å²) in [5.74, 6) is 0.863. The average molecular weight is 308 g/mol. The standard InChI is InChI=1S/C19H20N2O2/c22-19(17-8-14-3-1-2-4-18(14)23-12-17)21-9-13-5-6-15-10-20-11-16(15)7-13/h1-7,17,20H,8-12H2,(H,21,22). The molecular formula is C19H20N2O2. The lowest BCUT2D eigenvalue weighted by atomic mass is 9.96. The van der Waals surface area contributed by atoms with Crippen LogP contribution in [0.5, 0.6) is 5.75 Å². The van der Waals surface area contributed by atoms with Crippen LogP contribution in [0.1, 0.15) is 22.3 Å². The first kappa shape index (κ1) is 14.3. The molecule has 0 saturated heterocycles. The van der Waals surface area contributed by atoms with Crippen molar-refractivity contribution in [2.75, 3.05) is 6.61 Å². The smallest absolute Gasteiger partial charge is 0.227 e. The van der Waals surface area contributed by atoms with E-state index in [-0.39, 0.29) is 11.8 Å². The zero-order valence-electron chi connectivity index (χ0n) is 13.0. The highest BCUT2D eigenvalue weighted by molar-refractivity contribution is 5.79. The number of amides is 1. The quantitative estimate of drug-likeness (QED) is 0.913. The van der Waals surface area contributed by atoms with E-state index in [1.54, 1.807) is 0 Å². The van der Waals surface area contributed by atoms with Crippen LogP contribution >= 0.6 is 0 Å². The van der Waals surface area contributed by atoms with Crippen LogP contribution in [0.2, 0.25) is 0 Å². The Kier molecular flexibility index (Phi) is 3.75. The molecule has 4 rings (SSSR count). The average Bonchev–Trinajstić information content (AvgIpc) is 3.07. The predicted molar refractivity (Wildman–Crippen MR) is 88.0 cm³/mol. The van der Waals surface area contributed by atoms with Crippen molar-refractivity contribution in [1.82, 2.24) is 10.6 Å². The molecule has 2 N–H and O–H groups in total. The summed E-state index contributed by atoms with van der Waals surface area (Å²) in [6, 6.07) is 14.4. The molecule has 118 valence electrons. The number of rotatable bonds is 3. The van der Waals surface area contributed by atoms with Crippen molar-refractivity contribution in [1.29, 1.82) is 0 Å². The second kappa shape index (κ2) is 6.05. The summed E-state index contributed by atoms with van der Waals surface area (Å²) < 4.78 is 5.70. The molecule has 0 aromatic heterocycles. The van der Waals surface area contributed by atoms with Crippen LogP contribution in [0.3, 0.4) is 0 Å². The molecule has 4 heteroatoms. The maximum Gasteiger partial charge on any atom is 0.227 e. The van der Waals surface area contributed by atoms with E-state index in [0.717, 1.165) is 36.4 Å². The molecule has 2 aromatic rings. The fraction of sp³-hybridized carbons (Fsp3) is 0.316. The molecule has 23 heavy (non-hydrogen) atoms. The third kappa shape index (κ3) is 2.94. The molecule has 0 radical (unpaired) electrons. The van der Waals surface area contributed by atoms with Crippen LogP contribution in [0.25, 0.3) is 0 Å². The molecule has 4 nitrogen and oxygen atoms in total. The van der Waals surface area contributed by atoms with E-state index in [4.69, 9.17) is 4.74 Å². The molecule has 2 heterocycles. The largest absolute Gasteiger partial charge is 0.492 e. The van der Waals surface area contributed by atoms with Crippen molar-refractivity contribution >= 4 is 5.91 Å². The number of nitrogens with one attached hydrogen (secondary N) is 2. The maximum absolute atomic E-state index is 12.4. The van der Waals surface area contributed by atoms with Crippen molar-refractivity contribution in [3.8, 4) is 5.75 Å². The lowest BCUT2D eigenvalue weighted by molar-refractivity contribution is -0.126. The number of carbonyl (C=O) groups excluding carboxylic acids is 1. The molecule has 0 saturated carbocycles. The van der Waals surface area contributed by atoms with Crippen LogP contribution < -0.4 is 15.4 Å². The van der Waals surface area contributed by atoms with Crippen molar-refractivity contribution in [2.45, 2.75) is 26.1 Å². The molecule has 0 bridgehead atoms. The Balaban J connectivity index is 1.37. The van der Waals surface area contributed by atoms with Gasteiger partial charge < -0.3 is 15.4 Å². The van der Waals surface area contributed by atoms with Gasteiger partial charge in [-0.2, -0.15) is 0 Å². The van der Waals surface area contributed by atoms with Crippen molar-refractivity contribution in [2.24, 2.45) is 5.92 Å². The van der Waals surface area contributed by atoms with Gasteiger partial charge in [-0.15, -0.1) is 0 Å². The van der Waals surface area contributed by atoms with Gasteiger partial charge in [-0.05, 0) is 34.7 Å². The highest BCUT2D eigenvalue weighted by Crippen LogP contribution is 2.26. The first-order valence-corrected chi connectivity index (χ1v) is 8.09. The number of hydrogen-bond donors (Lipinski definition) is 2. The van der Waals surface area contributed by atoms with E-state index in [1.807, 2.05) is 24.3 Å². The first-order chi connectivity index (χ1) is 11.3. The highest BCUT2D eigenvalue weighted by Gasteiger charge is 2.25. The van der Waals surface area contributed by atoms with E-state index in [2.05, 4.69) is 28.8 Å². The van der Waals surface area contributed by atoms with Crippen LogP contribution in [0.4, 0.5) is 0 Å². The van der Waals surface area contributed by atoms with E-state index in [0.29, 0.717) is 13.2 Å². The van der Waals surface area contributed by atoms with E-state index in [9.17, 15) is 4.79 Å². The fourth-order valence-corrected chi connectivity index (χ4v) is 3.29. The Labute approximate surface area is 135 Å². The number of para-hydroxylation sites is 1. The summed E-state index contributed by atoms with van der Waals surface area (Å²) in [6.45, 7) is 2.90. The van der Waals surface area contributed by atoms with E-state index < -0.39 is 0 Å². The third-order valence-corrected chi connectivity index (χ3v) is 4.62. The minimum absolute atomic E-state index is 0.0677. The number of fused-ring (bicyclic) bond motifs is 2. The van der Waals surface area contributed by atoms with Crippen molar-refractivity contribution in [3.05, 3.63) is 64.7 Å². The minimum atomic E-state index is -0.110. The molecule has 1 unspecified atom stereocenters. The third-order valence-electron chi connectivity index (χ3n) is 4.62. The Hall–Kier alpha value is -2.33. The van der Waals surface area contributed by atoms with E-state index >= 15 is 0 Å². The van der Waals surface area contributed by atoms with Gasteiger partial charge in [0.25, 0.3) is 0 Å². The van der Waals surface area contributed by atoms with Crippen molar-refractivity contribution in [3.63, 3.8) is 0 Å². The molecule has 1 atom stereocenters. The highest BCUT2D eigenvalue weighted by atomic mass is 16.5. The second-order valence-corrected chi connectivity index (χ2v) is 6.24. The maximum atomic E-state index is 12.4. The fourth-order valence-electron chi connectivity index (χ4n) is 3.29. The first-order valence-electron chi connectivity index (χ1n) is 8.09. The number of benzene rings is 2. The molecule has 2 aromatic carbocycles. The molecular weight excluding hydrogens is 288 g/mol. The van der Waals surface area contributed by atoms with Crippen LogP contribution in [-0.2, 0) is 30.8 Å². The van der Waals surface area contributed by atoms with Crippen molar-refractivity contribution < 1.29 is 9.53 Å². The zero-order chi connectivity index (χ0) is 15.6. The van der Waals surface area contributed by atoms with Crippen LogP contribution in [0.15, 0.2) is 42.5 Å². The van der Waals surface area contributed by atoms with Gasteiger partial charge in [-0.3, -0.25) is 4.79 Å². The minimum Gasteiger partial charge on any atom is -0.492 e. The molecule has 2 aliphatic heterocycles. The topological polar surface area (TPSA) is 50.4 Å². The number of ether oxygens (including phenoxy) is 1. The summed E-state index contributed by atoms with van der Waals surface area (Å²) >= 11 is 0. The van der Waals surface area contributed by atoms with Gasteiger partial charge in [0.05, 0.1) is 5.92 Å². The van der Waals surface area contributed by atoms with Gasteiger partial charge >= 0.3 is 0 Å². The lowest BCUT2D eigenvalue weighted by Crippen LogP contribution is -2.37. The molecule has 0 spiro atoms. The zero-order valence-corrected chi connectivity index (χ0v) is 13.0. The summed E-state index contributed by atoms with van der Waals surface area (Å²) in [5.41, 5.74) is 4.96. The van der Waals surface area contributed by atoms with Gasteiger partial charge in [0.1, 0.15) is 12.4 Å². The molecule has 1 amide bonds. The summed E-state index contributed by atoms with van der Waals surface area (Å²) in [6.07, 6.45) is 0.746. The summed E-state index contributed by atoms with van der Waals surface area (Å²) in [5, 5.41) is 6.39. The Morgan fingerprint density at radius 1 is 1.13 bits per heavy atom. The Bertz CT molecular complexity index is 742. The SMILES string of the molecule is O=C(NCc1ccc2c(c1)CNC2)C1COc2ccccc2C1. The molecule has 0 fully saturated rings. The second-order valence-electron chi connectivity index (χ2n) is 6.24. The lowest BCUT2D eigenvalue weighted by Gasteiger charge is -2.24. The summed E-state index contributed by atoms with van der Waals surface area (Å²) in [4.78, 5) is 12.4.